The van der Waals surface area contributed by atoms with Gasteiger partial charge in [0.2, 0.25) is 0 Å². The summed E-state index contributed by atoms with van der Waals surface area (Å²) in [7, 11) is 0. The van der Waals surface area contributed by atoms with Crippen molar-refractivity contribution >= 4 is 45.0 Å². The van der Waals surface area contributed by atoms with Gasteiger partial charge in [-0.25, -0.2) is 9.78 Å². The summed E-state index contributed by atoms with van der Waals surface area (Å²) < 4.78 is 0.652. The molecule has 11 heteroatoms. The standard InChI is InChI=1S/C20H26BrN7O2S/c1-11-7-26-6-4-5-12(26)8-27(11)19(30)28-9-13-15(20(28,2)3)24-25-16(13)23-17(29)14-10-31-18(21)22-14/h10-12H,4-9H2,1-3H3,(H2,23,24,25,29)/t11-,12-/m0/s1. The largest absolute Gasteiger partial charge is 0.321 e. The van der Waals surface area contributed by atoms with Crippen LogP contribution in [0.25, 0.3) is 0 Å². The molecule has 2 aromatic rings. The van der Waals surface area contributed by atoms with Gasteiger partial charge in [0, 0.05) is 36.1 Å². The minimum Gasteiger partial charge on any atom is -0.319 e. The topological polar surface area (TPSA) is 97.5 Å². The summed E-state index contributed by atoms with van der Waals surface area (Å²) in [6.45, 7) is 9.44. The molecule has 2 aromatic heterocycles. The van der Waals surface area contributed by atoms with Gasteiger partial charge in [-0.2, -0.15) is 5.10 Å². The van der Waals surface area contributed by atoms with Crippen molar-refractivity contribution in [2.45, 2.75) is 57.8 Å². The van der Waals surface area contributed by atoms with E-state index in [0.29, 0.717) is 28.0 Å². The molecular formula is C20H26BrN7O2S. The third-order valence-electron chi connectivity index (χ3n) is 6.82. The summed E-state index contributed by atoms with van der Waals surface area (Å²) in [6.07, 6.45) is 2.37. The molecule has 3 aliphatic heterocycles. The second-order valence-electron chi connectivity index (χ2n) is 9.09. The monoisotopic (exact) mass is 507 g/mol. The summed E-state index contributed by atoms with van der Waals surface area (Å²) in [6, 6.07) is 0.698. The van der Waals surface area contributed by atoms with Crippen LogP contribution in [0.4, 0.5) is 10.6 Å². The summed E-state index contributed by atoms with van der Waals surface area (Å²) >= 11 is 4.63. The van der Waals surface area contributed by atoms with Crippen molar-refractivity contribution in [3.63, 3.8) is 0 Å². The molecule has 2 N–H and O–H groups in total. The molecule has 0 spiro atoms. The molecule has 31 heavy (non-hydrogen) atoms. The lowest BCUT2D eigenvalue weighted by molar-refractivity contribution is 0.0454. The number of aromatic nitrogens is 3. The van der Waals surface area contributed by atoms with Crippen molar-refractivity contribution in [2.24, 2.45) is 0 Å². The average molecular weight is 508 g/mol. The maximum Gasteiger partial charge on any atom is 0.321 e. The van der Waals surface area contributed by atoms with Gasteiger partial charge >= 0.3 is 6.03 Å². The smallest absolute Gasteiger partial charge is 0.319 e. The molecule has 3 aliphatic rings. The number of hydrogen-bond donors (Lipinski definition) is 2. The van der Waals surface area contributed by atoms with Gasteiger partial charge in [-0.15, -0.1) is 11.3 Å². The van der Waals surface area contributed by atoms with Crippen LogP contribution in [0, 0.1) is 0 Å². The minimum absolute atomic E-state index is 0.0503. The zero-order valence-electron chi connectivity index (χ0n) is 17.8. The molecule has 0 aliphatic carbocycles. The summed E-state index contributed by atoms with van der Waals surface area (Å²) in [5.74, 6) is 0.144. The number of fused-ring (bicyclic) bond motifs is 2. The number of thiazole rings is 1. The maximum atomic E-state index is 13.6. The fourth-order valence-corrected chi connectivity index (χ4v) is 6.05. The third-order valence-corrected chi connectivity index (χ3v) is 8.19. The number of H-pyrrole nitrogens is 1. The molecule has 3 amide bonds. The Bertz CT molecular complexity index is 1030. The van der Waals surface area contributed by atoms with Crippen LogP contribution in [0.1, 0.15) is 55.4 Å². The van der Waals surface area contributed by atoms with Gasteiger partial charge in [0.05, 0.1) is 17.8 Å². The van der Waals surface area contributed by atoms with Crippen molar-refractivity contribution < 1.29 is 9.59 Å². The van der Waals surface area contributed by atoms with E-state index >= 15 is 0 Å². The van der Waals surface area contributed by atoms with Gasteiger partial charge in [-0.3, -0.25) is 14.8 Å². The van der Waals surface area contributed by atoms with Gasteiger partial charge in [-0.1, -0.05) is 0 Å². The number of carbonyl (C=O) groups excluding carboxylic acids is 2. The van der Waals surface area contributed by atoms with Crippen LogP contribution in [0.3, 0.4) is 0 Å². The third kappa shape index (κ3) is 3.46. The first-order valence-electron chi connectivity index (χ1n) is 10.6. The number of rotatable bonds is 2. The molecular weight excluding hydrogens is 482 g/mol. The number of nitrogens with zero attached hydrogens (tertiary/aromatic N) is 5. The van der Waals surface area contributed by atoms with Crippen LogP contribution in [0.15, 0.2) is 9.30 Å². The van der Waals surface area contributed by atoms with Crippen LogP contribution in [0.5, 0.6) is 0 Å². The summed E-state index contributed by atoms with van der Waals surface area (Å²) in [4.78, 5) is 36.8. The van der Waals surface area contributed by atoms with Crippen molar-refractivity contribution in [3.8, 4) is 0 Å². The Morgan fingerprint density at radius 2 is 2.16 bits per heavy atom. The van der Waals surface area contributed by atoms with E-state index in [1.165, 1.54) is 17.8 Å². The van der Waals surface area contributed by atoms with Crippen molar-refractivity contribution in [1.29, 1.82) is 0 Å². The second-order valence-corrected chi connectivity index (χ2v) is 11.2. The van der Waals surface area contributed by atoms with E-state index in [4.69, 9.17) is 0 Å². The van der Waals surface area contributed by atoms with Crippen LogP contribution >= 0.6 is 27.3 Å². The van der Waals surface area contributed by atoms with Gasteiger partial charge in [0.1, 0.15) is 5.69 Å². The molecule has 166 valence electrons. The van der Waals surface area contributed by atoms with E-state index in [0.717, 1.165) is 37.3 Å². The second kappa shape index (κ2) is 7.56. The number of urea groups is 1. The van der Waals surface area contributed by atoms with Crippen LogP contribution < -0.4 is 5.32 Å². The maximum absolute atomic E-state index is 13.6. The first kappa shape index (κ1) is 20.9. The normalized spacial score (nSPS) is 24.9. The minimum atomic E-state index is -0.543. The van der Waals surface area contributed by atoms with Crippen molar-refractivity contribution in [3.05, 3.63) is 26.2 Å². The number of aromatic amines is 1. The van der Waals surface area contributed by atoms with E-state index in [1.54, 1.807) is 5.38 Å². The molecule has 0 radical (unpaired) electrons. The highest BCUT2D eigenvalue weighted by atomic mass is 79.9. The lowest BCUT2D eigenvalue weighted by atomic mass is 10.0. The van der Waals surface area contributed by atoms with Crippen LogP contribution in [-0.4, -0.2) is 73.5 Å². The van der Waals surface area contributed by atoms with Crippen LogP contribution in [0.2, 0.25) is 0 Å². The lowest BCUT2D eigenvalue weighted by Crippen LogP contribution is -2.60. The van der Waals surface area contributed by atoms with Crippen molar-refractivity contribution in [2.75, 3.05) is 25.0 Å². The number of nitrogens with one attached hydrogen (secondary N) is 2. The Labute approximate surface area is 193 Å². The molecule has 0 aromatic carbocycles. The molecule has 0 bridgehead atoms. The predicted molar refractivity (Wildman–Crippen MR) is 121 cm³/mol. The van der Waals surface area contributed by atoms with Gasteiger partial charge in [0.15, 0.2) is 9.73 Å². The van der Waals surface area contributed by atoms with Gasteiger partial charge in [0.25, 0.3) is 5.91 Å². The molecule has 5 heterocycles. The fourth-order valence-electron chi connectivity index (χ4n) is 5.06. The summed E-state index contributed by atoms with van der Waals surface area (Å²) in [5.41, 5.74) is 1.51. The van der Waals surface area contributed by atoms with Crippen molar-refractivity contribution in [1.82, 2.24) is 29.9 Å². The Hall–Kier alpha value is -1.98. The number of halogens is 1. The lowest BCUT2D eigenvalue weighted by Gasteiger charge is -2.45. The quantitative estimate of drug-likeness (QED) is 0.650. The highest BCUT2D eigenvalue weighted by Crippen LogP contribution is 2.41. The van der Waals surface area contributed by atoms with E-state index in [-0.39, 0.29) is 18.0 Å². The summed E-state index contributed by atoms with van der Waals surface area (Å²) in [5, 5.41) is 11.9. The zero-order valence-corrected chi connectivity index (χ0v) is 20.2. The van der Waals surface area contributed by atoms with E-state index in [1.807, 2.05) is 23.6 Å². The Morgan fingerprint density at radius 1 is 1.35 bits per heavy atom. The molecule has 2 fully saturated rings. The molecule has 2 atom stereocenters. The number of amides is 3. The average Bonchev–Trinajstić information content (AvgIpc) is 3.47. The van der Waals surface area contributed by atoms with E-state index in [2.05, 4.69) is 48.3 Å². The number of piperazine rings is 1. The number of carbonyl (C=O) groups is 2. The SMILES string of the molecule is C[C@H]1CN2CCC[C@H]2CN1C(=O)N1Cc2c(NC(=O)c3csc(Br)n3)n[nH]c2C1(C)C. The highest BCUT2D eigenvalue weighted by molar-refractivity contribution is 9.11. The van der Waals surface area contributed by atoms with E-state index in [9.17, 15) is 9.59 Å². The number of anilines is 1. The van der Waals surface area contributed by atoms with Gasteiger partial charge in [-0.05, 0) is 56.1 Å². The Morgan fingerprint density at radius 3 is 2.90 bits per heavy atom. The zero-order chi connectivity index (χ0) is 21.9. The van der Waals surface area contributed by atoms with Crippen LogP contribution in [-0.2, 0) is 12.1 Å². The first-order chi connectivity index (χ1) is 14.8. The highest BCUT2D eigenvalue weighted by Gasteiger charge is 2.47. The molecule has 0 saturated carbocycles. The van der Waals surface area contributed by atoms with Gasteiger partial charge < -0.3 is 15.1 Å². The molecule has 5 rings (SSSR count). The first-order valence-corrected chi connectivity index (χ1v) is 12.3. The molecule has 2 saturated heterocycles. The Kier molecular flexibility index (Phi) is 5.10. The Balaban J connectivity index is 1.35. The fraction of sp³-hybridized carbons (Fsp3) is 0.600. The predicted octanol–water partition coefficient (Wildman–Crippen LogP) is 3.22. The molecule has 9 nitrogen and oxygen atoms in total. The number of hydrogen-bond acceptors (Lipinski definition) is 6. The van der Waals surface area contributed by atoms with E-state index < -0.39 is 5.54 Å². The molecule has 0 unspecified atom stereocenters.